The molecule has 3 aromatic carbocycles. The van der Waals surface area contributed by atoms with Crippen molar-refractivity contribution in [2.45, 2.75) is 21.7 Å². The highest BCUT2D eigenvalue weighted by Gasteiger charge is 2.29. The molecule has 0 atom stereocenters. The Balaban J connectivity index is 1.47. The zero-order chi connectivity index (χ0) is 26.3. The smallest absolute Gasteiger partial charge is 0.446 e. The Hall–Kier alpha value is -3.03. The van der Waals surface area contributed by atoms with Gasteiger partial charge in [0, 0.05) is 26.9 Å². The van der Waals surface area contributed by atoms with E-state index in [4.69, 9.17) is 0 Å². The number of halogens is 3. The van der Waals surface area contributed by atoms with Crippen LogP contribution in [0.2, 0.25) is 0 Å². The van der Waals surface area contributed by atoms with E-state index in [0.29, 0.717) is 5.69 Å². The summed E-state index contributed by atoms with van der Waals surface area (Å²) in [6.07, 6.45) is 1.67. The van der Waals surface area contributed by atoms with Gasteiger partial charge in [-0.1, -0.05) is 12.1 Å². The quantitative estimate of drug-likeness (QED) is 0.139. The van der Waals surface area contributed by atoms with Crippen LogP contribution in [0.25, 0.3) is 0 Å². The fourth-order valence-corrected chi connectivity index (χ4v) is 4.97. The molecule has 0 saturated carbocycles. The van der Waals surface area contributed by atoms with Crippen LogP contribution in [0.5, 0.6) is 5.75 Å². The molecule has 0 fully saturated rings. The van der Waals surface area contributed by atoms with Crippen molar-refractivity contribution in [3.63, 3.8) is 0 Å². The number of aryl methyl sites for hydroxylation is 1. The number of hydrogen-bond acceptors (Lipinski definition) is 6. The fourth-order valence-electron chi connectivity index (χ4n) is 2.97. The average molecular weight is 558 g/mol. The van der Waals surface area contributed by atoms with Crippen molar-refractivity contribution in [3.8, 4) is 5.75 Å². The van der Waals surface area contributed by atoms with Gasteiger partial charge in [0.15, 0.2) is 0 Å². The number of alkyl halides is 3. The molecular weight excluding hydrogens is 535 g/mol. The third-order valence-electron chi connectivity index (χ3n) is 4.48. The molecule has 36 heavy (non-hydrogen) atoms. The highest BCUT2D eigenvalue weighted by molar-refractivity contribution is 8.00. The zero-order valence-corrected chi connectivity index (χ0v) is 21.2. The number of anilines is 3. The third-order valence-corrected chi connectivity index (χ3v) is 6.82. The molecule has 2 amide bonds. The van der Waals surface area contributed by atoms with Gasteiger partial charge in [-0.3, -0.25) is 4.72 Å². The Morgan fingerprint density at radius 1 is 0.917 bits per heavy atom. The Kier molecular flexibility index (Phi) is 9.03. The van der Waals surface area contributed by atoms with Gasteiger partial charge in [0.25, 0.3) is 0 Å². The molecule has 0 aliphatic rings. The Labute approximate surface area is 214 Å². The van der Waals surface area contributed by atoms with Crippen molar-refractivity contribution in [3.05, 3.63) is 72.3 Å². The van der Waals surface area contributed by atoms with Crippen molar-refractivity contribution in [1.29, 1.82) is 0 Å². The molecule has 0 bridgehead atoms. The molecule has 0 spiro atoms. The van der Waals surface area contributed by atoms with Gasteiger partial charge >= 0.3 is 11.5 Å². The number of urea groups is 1. The summed E-state index contributed by atoms with van der Waals surface area (Å²) in [4.78, 5) is 13.3. The van der Waals surface area contributed by atoms with Gasteiger partial charge in [0.1, 0.15) is 5.75 Å². The molecule has 3 rings (SSSR count). The molecule has 0 aromatic heterocycles. The molecule has 3 aromatic rings. The number of aromatic hydroxyl groups is 1. The number of carbonyl (C=O) groups excluding carboxylic acids is 1. The Morgan fingerprint density at radius 2 is 1.50 bits per heavy atom. The second-order valence-corrected chi connectivity index (χ2v) is 11.6. The van der Waals surface area contributed by atoms with E-state index >= 15 is 0 Å². The SMILES string of the molecule is CS(=O)(=O)Nc1cc(NC(=O)Nc2ccc(CCSc3ccc(SC(F)(F)F)cc3)cc2)ccc1O. The lowest BCUT2D eigenvalue weighted by molar-refractivity contribution is -0.0328. The third kappa shape index (κ3) is 9.55. The van der Waals surface area contributed by atoms with Crippen LogP contribution in [0.1, 0.15) is 5.56 Å². The summed E-state index contributed by atoms with van der Waals surface area (Å²) in [5.74, 6) is 0.446. The highest BCUT2D eigenvalue weighted by atomic mass is 32.2. The minimum absolute atomic E-state index is 0.0614. The molecule has 13 heteroatoms. The fraction of sp³-hybridized carbons (Fsp3) is 0.174. The van der Waals surface area contributed by atoms with E-state index in [2.05, 4.69) is 15.4 Å². The number of phenolic OH excluding ortho intramolecular Hbond substituents is 1. The van der Waals surface area contributed by atoms with Crippen LogP contribution in [-0.4, -0.2) is 37.1 Å². The van der Waals surface area contributed by atoms with Crippen LogP contribution in [0.3, 0.4) is 0 Å². The maximum absolute atomic E-state index is 12.4. The van der Waals surface area contributed by atoms with Gasteiger partial charge in [0.05, 0.1) is 11.9 Å². The van der Waals surface area contributed by atoms with E-state index in [9.17, 15) is 31.5 Å². The summed E-state index contributed by atoms with van der Waals surface area (Å²) in [5, 5.41) is 15.0. The highest BCUT2D eigenvalue weighted by Crippen LogP contribution is 2.37. The Bertz CT molecular complexity index is 1300. The molecule has 0 radical (unpaired) electrons. The van der Waals surface area contributed by atoms with E-state index in [1.807, 2.05) is 12.1 Å². The largest absolute Gasteiger partial charge is 0.506 e. The normalized spacial score (nSPS) is 11.7. The second kappa shape index (κ2) is 11.8. The molecule has 0 aliphatic heterocycles. The standard InChI is InChI=1S/C23H22F3N3O4S3/c1-36(32,33)29-20-14-17(6-11-21(20)30)28-22(31)27-16-4-2-15(3-5-16)12-13-34-18-7-9-19(10-8-18)35-23(24,25)26/h2-11,14,29-30H,12-13H2,1H3,(H2,27,28,31). The first-order chi connectivity index (χ1) is 16.9. The van der Waals surface area contributed by atoms with Crippen LogP contribution < -0.4 is 15.4 Å². The van der Waals surface area contributed by atoms with Crippen molar-refractivity contribution in [2.75, 3.05) is 27.4 Å². The lowest BCUT2D eigenvalue weighted by atomic mass is 10.1. The number of benzene rings is 3. The Morgan fingerprint density at radius 3 is 2.11 bits per heavy atom. The molecule has 0 unspecified atom stereocenters. The topological polar surface area (TPSA) is 108 Å². The first-order valence-electron chi connectivity index (χ1n) is 10.3. The van der Waals surface area contributed by atoms with Crippen LogP contribution >= 0.6 is 23.5 Å². The van der Waals surface area contributed by atoms with Crippen molar-refractivity contribution in [2.24, 2.45) is 0 Å². The van der Waals surface area contributed by atoms with E-state index in [1.165, 1.54) is 42.1 Å². The van der Waals surface area contributed by atoms with Crippen LogP contribution in [-0.2, 0) is 16.4 Å². The van der Waals surface area contributed by atoms with Crippen molar-refractivity contribution in [1.82, 2.24) is 0 Å². The summed E-state index contributed by atoms with van der Waals surface area (Å²) < 4.78 is 62.2. The average Bonchev–Trinajstić information content (AvgIpc) is 2.76. The monoisotopic (exact) mass is 557 g/mol. The lowest BCUT2D eigenvalue weighted by Crippen LogP contribution is -2.19. The van der Waals surface area contributed by atoms with E-state index in [0.717, 1.165) is 28.9 Å². The molecule has 7 nitrogen and oxygen atoms in total. The molecule has 0 saturated heterocycles. The number of phenols is 1. The van der Waals surface area contributed by atoms with Gasteiger partial charge in [-0.25, -0.2) is 13.2 Å². The minimum Gasteiger partial charge on any atom is -0.506 e. The predicted molar refractivity (Wildman–Crippen MR) is 138 cm³/mol. The number of hydrogen-bond donors (Lipinski definition) is 4. The molecular formula is C23H22F3N3O4S3. The summed E-state index contributed by atoms with van der Waals surface area (Å²) in [6.45, 7) is 0. The van der Waals surface area contributed by atoms with Crippen molar-refractivity contribution < 1.29 is 31.5 Å². The van der Waals surface area contributed by atoms with Gasteiger partial charge in [-0.2, -0.15) is 13.2 Å². The summed E-state index contributed by atoms with van der Waals surface area (Å²) in [6, 6.07) is 16.8. The lowest BCUT2D eigenvalue weighted by Gasteiger charge is -2.11. The van der Waals surface area contributed by atoms with Crippen LogP contribution in [0, 0.1) is 0 Å². The van der Waals surface area contributed by atoms with Crippen molar-refractivity contribution >= 4 is 56.6 Å². The number of amides is 2. The number of rotatable bonds is 9. The summed E-state index contributed by atoms with van der Waals surface area (Å²) >= 11 is 1.39. The van der Waals surface area contributed by atoms with Gasteiger partial charge in [0.2, 0.25) is 10.0 Å². The number of sulfonamides is 1. The molecule has 4 N–H and O–H groups in total. The number of carbonyl (C=O) groups is 1. The maximum Gasteiger partial charge on any atom is 0.446 e. The van der Waals surface area contributed by atoms with Crippen LogP contribution in [0.4, 0.5) is 35.0 Å². The van der Waals surface area contributed by atoms with Gasteiger partial charge in [-0.15, -0.1) is 11.8 Å². The van der Waals surface area contributed by atoms with Gasteiger partial charge in [-0.05, 0) is 78.3 Å². The number of thioether (sulfide) groups is 2. The van der Waals surface area contributed by atoms with Gasteiger partial charge < -0.3 is 15.7 Å². The van der Waals surface area contributed by atoms with E-state index in [1.54, 1.807) is 24.3 Å². The second-order valence-electron chi connectivity index (χ2n) is 7.50. The number of nitrogens with one attached hydrogen (secondary N) is 3. The zero-order valence-electron chi connectivity index (χ0n) is 18.8. The predicted octanol–water partition coefficient (Wildman–Crippen LogP) is 6.35. The van der Waals surface area contributed by atoms with E-state index < -0.39 is 21.6 Å². The summed E-state index contributed by atoms with van der Waals surface area (Å²) in [7, 11) is -3.61. The first-order valence-corrected chi connectivity index (χ1v) is 14.0. The molecule has 0 aliphatic carbocycles. The molecule has 192 valence electrons. The maximum atomic E-state index is 12.4. The minimum atomic E-state index is -4.30. The van der Waals surface area contributed by atoms with Crippen LogP contribution in [0.15, 0.2) is 76.5 Å². The van der Waals surface area contributed by atoms with E-state index in [-0.39, 0.29) is 33.8 Å². The summed E-state index contributed by atoms with van der Waals surface area (Å²) in [5.41, 5.74) is -2.53. The molecule has 0 heterocycles. The first kappa shape index (κ1) is 27.6.